The molecule has 0 fully saturated rings. The van der Waals surface area contributed by atoms with E-state index in [0.717, 1.165) is 9.75 Å². The van der Waals surface area contributed by atoms with Crippen molar-refractivity contribution in [3.05, 3.63) is 28.5 Å². The van der Waals surface area contributed by atoms with Gasteiger partial charge < -0.3 is 9.52 Å². The summed E-state index contributed by atoms with van der Waals surface area (Å²) in [6, 6.07) is 3.82. The maximum Gasteiger partial charge on any atom is 0.373 e. The van der Waals surface area contributed by atoms with E-state index in [4.69, 9.17) is 9.52 Å². The Balaban J connectivity index is 2.46. The molecule has 0 aliphatic rings. The van der Waals surface area contributed by atoms with Crippen LogP contribution in [-0.2, 0) is 0 Å². The fraction of sp³-hybridized carbons (Fsp3) is 0.200. The second kappa shape index (κ2) is 3.51. The number of oxazole rings is 1. The third kappa shape index (κ3) is 1.78. The zero-order valence-electron chi connectivity index (χ0n) is 8.27. The van der Waals surface area contributed by atoms with Crippen molar-refractivity contribution in [3.8, 4) is 10.8 Å². The maximum atomic E-state index is 10.7. The van der Waals surface area contributed by atoms with Crippen LogP contribution < -0.4 is 0 Å². The van der Waals surface area contributed by atoms with Crippen molar-refractivity contribution in [1.82, 2.24) is 4.98 Å². The monoisotopic (exact) mass is 223 g/mol. The van der Waals surface area contributed by atoms with Gasteiger partial charge in [-0.15, -0.1) is 11.3 Å². The predicted octanol–water partition coefficient (Wildman–Crippen LogP) is 2.72. The number of rotatable bonds is 2. The highest BCUT2D eigenvalue weighted by Crippen LogP contribution is 2.28. The third-order valence-electron chi connectivity index (χ3n) is 1.94. The highest BCUT2D eigenvalue weighted by atomic mass is 32.1. The van der Waals surface area contributed by atoms with Gasteiger partial charge in [0.1, 0.15) is 0 Å². The SMILES string of the molecule is Cc1ccc(-c2nc(C)c(C(=O)O)o2)s1. The smallest absolute Gasteiger partial charge is 0.373 e. The van der Waals surface area contributed by atoms with Crippen LogP contribution in [0, 0.1) is 13.8 Å². The lowest BCUT2D eigenvalue weighted by atomic mass is 10.4. The topological polar surface area (TPSA) is 63.3 Å². The third-order valence-corrected chi connectivity index (χ3v) is 2.93. The van der Waals surface area contributed by atoms with E-state index in [1.165, 1.54) is 11.3 Å². The first-order chi connectivity index (χ1) is 7.08. The number of aryl methyl sites for hydroxylation is 2. The molecule has 1 N–H and O–H groups in total. The van der Waals surface area contributed by atoms with Gasteiger partial charge in [-0.2, -0.15) is 0 Å². The Labute approximate surface area is 90.2 Å². The summed E-state index contributed by atoms with van der Waals surface area (Å²) in [5.74, 6) is -0.793. The second-order valence-corrected chi connectivity index (χ2v) is 4.44. The summed E-state index contributed by atoms with van der Waals surface area (Å²) < 4.78 is 5.18. The van der Waals surface area contributed by atoms with E-state index in [-0.39, 0.29) is 5.76 Å². The minimum atomic E-state index is -1.08. The molecule has 2 heterocycles. The van der Waals surface area contributed by atoms with Gasteiger partial charge in [-0.05, 0) is 26.0 Å². The molecule has 4 nitrogen and oxygen atoms in total. The van der Waals surface area contributed by atoms with E-state index in [1.807, 2.05) is 19.1 Å². The minimum absolute atomic E-state index is 0.0870. The summed E-state index contributed by atoms with van der Waals surface area (Å²) >= 11 is 1.53. The number of aromatic nitrogens is 1. The Morgan fingerprint density at radius 2 is 2.20 bits per heavy atom. The van der Waals surface area contributed by atoms with Gasteiger partial charge in [-0.3, -0.25) is 0 Å². The van der Waals surface area contributed by atoms with E-state index in [9.17, 15) is 4.79 Å². The number of thiophene rings is 1. The Hall–Kier alpha value is -1.62. The number of carboxylic acid groups (broad SMARTS) is 1. The lowest BCUT2D eigenvalue weighted by Crippen LogP contribution is -1.95. The molecule has 0 radical (unpaired) electrons. The molecule has 5 heteroatoms. The van der Waals surface area contributed by atoms with Crippen LogP contribution >= 0.6 is 11.3 Å². The summed E-state index contributed by atoms with van der Waals surface area (Å²) in [5.41, 5.74) is 0.406. The molecular formula is C10H9NO3S. The summed E-state index contributed by atoms with van der Waals surface area (Å²) in [6.07, 6.45) is 0. The van der Waals surface area contributed by atoms with Gasteiger partial charge in [0.05, 0.1) is 10.6 Å². The van der Waals surface area contributed by atoms with Crippen molar-refractivity contribution < 1.29 is 14.3 Å². The first-order valence-electron chi connectivity index (χ1n) is 4.35. The molecule has 2 aromatic heterocycles. The molecule has 0 bridgehead atoms. The van der Waals surface area contributed by atoms with Gasteiger partial charge in [-0.1, -0.05) is 0 Å². The summed E-state index contributed by atoms with van der Waals surface area (Å²) in [4.78, 5) is 16.8. The molecule has 0 aliphatic heterocycles. The molecule has 15 heavy (non-hydrogen) atoms. The van der Waals surface area contributed by atoms with Crippen LogP contribution in [0.2, 0.25) is 0 Å². The second-order valence-electron chi connectivity index (χ2n) is 3.15. The average molecular weight is 223 g/mol. The number of carbonyl (C=O) groups is 1. The lowest BCUT2D eigenvalue weighted by Gasteiger charge is -1.87. The summed E-state index contributed by atoms with van der Waals surface area (Å²) in [6.45, 7) is 3.60. The average Bonchev–Trinajstić information content (AvgIpc) is 2.71. The van der Waals surface area contributed by atoms with E-state index < -0.39 is 5.97 Å². The highest BCUT2D eigenvalue weighted by molar-refractivity contribution is 7.15. The van der Waals surface area contributed by atoms with E-state index >= 15 is 0 Å². The molecule has 0 amide bonds. The fourth-order valence-electron chi connectivity index (χ4n) is 1.25. The lowest BCUT2D eigenvalue weighted by molar-refractivity contribution is 0.0662. The van der Waals surface area contributed by atoms with Crippen LogP contribution in [-0.4, -0.2) is 16.1 Å². The van der Waals surface area contributed by atoms with Crippen molar-refractivity contribution in [2.45, 2.75) is 13.8 Å². The van der Waals surface area contributed by atoms with Crippen molar-refractivity contribution in [1.29, 1.82) is 0 Å². The Morgan fingerprint density at radius 3 is 2.67 bits per heavy atom. The van der Waals surface area contributed by atoms with Gasteiger partial charge in [-0.25, -0.2) is 9.78 Å². The van der Waals surface area contributed by atoms with E-state index in [0.29, 0.717) is 11.6 Å². The summed E-state index contributed by atoms with van der Waals surface area (Å²) in [5, 5.41) is 8.80. The normalized spacial score (nSPS) is 10.5. The number of hydrogen-bond donors (Lipinski definition) is 1. The molecule has 78 valence electrons. The highest BCUT2D eigenvalue weighted by Gasteiger charge is 2.17. The molecular weight excluding hydrogens is 214 g/mol. The van der Waals surface area contributed by atoms with Crippen molar-refractivity contribution in [2.75, 3.05) is 0 Å². The van der Waals surface area contributed by atoms with Crippen molar-refractivity contribution in [2.24, 2.45) is 0 Å². The van der Waals surface area contributed by atoms with Crippen LogP contribution in [0.5, 0.6) is 0 Å². The standard InChI is InChI=1S/C10H9NO3S/c1-5-3-4-7(15-5)9-11-6(2)8(14-9)10(12)13/h3-4H,1-2H3,(H,12,13). The van der Waals surface area contributed by atoms with Gasteiger partial charge >= 0.3 is 5.97 Å². The largest absolute Gasteiger partial charge is 0.475 e. The molecule has 2 aromatic rings. The quantitative estimate of drug-likeness (QED) is 0.850. The van der Waals surface area contributed by atoms with E-state index in [2.05, 4.69) is 4.98 Å². The Morgan fingerprint density at radius 1 is 1.47 bits per heavy atom. The van der Waals surface area contributed by atoms with Crippen LogP contribution in [0.1, 0.15) is 21.1 Å². The Bertz CT molecular complexity index is 512. The Kier molecular flexibility index (Phi) is 2.32. The van der Waals surface area contributed by atoms with Gasteiger partial charge in [0.2, 0.25) is 11.7 Å². The summed E-state index contributed by atoms with van der Waals surface area (Å²) in [7, 11) is 0. The molecule has 0 saturated heterocycles. The maximum absolute atomic E-state index is 10.7. The molecule has 2 rings (SSSR count). The van der Waals surface area contributed by atoms with Crippen LogP contribution in [0.3, 0.4) is 0 Å². The van der Waals surface area contributed by atoms with Gasteiger partial charge in [0.25, 0.3) is 0 Å². The first kappa shape index (κ1) is 9.92. The predicted molar refractivity (Wildman–Crippen MR) is 56.2 cm³/mol. The zero-order chi connectivity index (χ0) is 11.0. The van der Waals surface area contributed by atoms with Crippen molar-refractivity contribution in [3.63, 3.8) is 0 Å². The van der Waals surface area contributed by atoms with Crippen LogP contribution in [0.15, 0.2) is 16.5 Å². The molecule has 0 atom stereocenters. The number of nitrogens with zero attached hydrogens (tertiary/aromatic N) is 1. The van der Waals surface area contributed by atoms with Crippen LogP contribution in [0.25, 0.3) is 10.8 Å². The van der Waals surface area contributed by atoms with Gasteiger partial charge in [0, 0.05) is 4.88 Å². The number of hydrogen-bond acceptors (Lipinski definition) is 4. The molecule has 0 aliphatic carbocycles. The minimum Gasteiger partial charge on any atom is -0.475 e. The van der Waals surface area contributed by atoms with E-state index in [1.54, 1.807) is 6.92 Å². The van der Waals surface area contributed by atoms with Crippen LogP contribution in [0.4, 0.5) is 0 Å². The number of aromatic carboxylic acids is 1. The fourth-order valence-corrected chi connectivity index (χ4v) is 2.04. The molecule has 0 spiro atoms. The van der Waals surface area contributed by atoms with Crippen molar-refractivity contribution >= 4 is 17.3 Å². The molecule has 0 unspecified atom stereocenters. The zero-order valence-corrected chi connectivity index (χ0v) is 9.09. The number of carboxylic acids is 1. The first-order valence-corrected chi connectivity index (χ1v) is 5.17. The molecule has 0 saturated carbocycles. The van der Waals surface area contributed by atoms with Gasteiger partial charge in [0.15, 0.2) is 0 Å². The molecule has 0 aromatic carbocycles.